The molecule has 0 bridgehead atoms. The predicted octanol–water partition coefficient (Wildman–Crippen LogP) is 5.09. The molecule has 0 saturated heterocycles. The van der Waals surface area contributed by atoms with Gasteiger partial charge in [0.15, 0.2) is 0 Å². The third-order valence-electron chi connectivity index (χ3n) is 3.60. The van der Waals surface area contributed by atoms with Gasteiger partial charge in [0.05, 0.1) is 6.61 Å². The fraction of sp³-hybridized carbons (Fsp3) is 0.600. The van der Waals surface area contributed by atoms with Gasteiger partial charge in [-0.1, -0.05) is 48.8 Å². The molecular formula is C15H25BrOS. The first kappa shape index (κ1) is 16.1. The zero-order chi connectivity index (χ0) is 14.0. The van der Waals surface area contributed by atoms with Crippen molar-refractivity contribution in [2.75, 3.05) is 19.1 Å². The highest BCUT2D eigenvalue weighted by Crippen LogP contribution is 2.53. The highest BCUT2D eigenvalue weighted by atomic mass is 79.9. The van der Waals surface area contributed by atoms with Crippen molar-refractivity contribution in [1.82, 2.24) is 0 Å². The van der Waals surface area contributed by atoms with Crippen LogP contribution in [-0.2, 0) is 10.6 Å². The first-order valence-electron chi connectivity index (χ1n) is 6.26. The Morgan fingerprint density at radius 3 is 2.39 bits per heavy atom. The number of benzene rings is 1. The standard InChI is InChI=1S/C15H25BrOS/c1-12-13(8-7-9-14(12)16)10-11-17-18(5,6)15(2,3)4/h7-9H,10-11H2,1-6H3. The van der Waals surface area contributed by atoms with E-state index >= 15 is 0 Å². The third-order valence-corrected chi connectivity index (χ3v) is 8.17. The molecule has 18 heavy (non-hydrogen) atoms. The fourth-order valence-corrected chi connectivity index (χ4v) is 2.72. The molecule has 0 radical (unpaired) electrons. The van der Waals surface area contributed by atoms with Crippen molar-refractivity contribution in [3.8, 4) is 0 Å². The van der Waals surface area contributed by atoms with Gasteiger partial charge in [0.2, 0.25) is 0 Å². The molecule has 1 aromatic carbocycles. The molecule has 1 aromatic rings. The molecule has 0 aliphatic heterocycles. The van der Waals surface area contributed by atoms with Crippen LogP contribution < -0.4 is 0 Å². The molecule has 1 nitrogen and oxygen atoms in total. The lowest BCUT2D eigenvalue weighted by atomic mass is 10.1. The van der Waals surface area contributed by atoms with E-state index in [1.807, 2.05) is 0 Å². The monoisotopic (exact) mass is 332 g/mol. The molecule has 1 rings (SSSR count). The van der Waals surface area contributed by atoms with Crippen molar-refractivity contribution < 1.29 is 4.18 Å². The number of hydrogen-bond acceptors (Lipinski definition) is 1. The van der Waals surface area contributed by atoms with Crippen molar-refractivity contribution in [1.29, 1.82) is 0 Å². The van der Waals surface area contributed by atoms with Crippen LogP contribution in [0.15, 0.2) is 22.7 Å². The minimum atomic E-state index is -1.00. The van der Waals surface area contributed by atoms with Crippen molar-refractivity contribution in [2.45, 2.75) is 38.9 Å². The summed E-state index contributed by atoms with van der Waals surface area (Å²) in [6.07, 6.45) is 5.49. The Balaban J connectivity index is 2.60. The van der Waals surface area contributed by atoms with E-state index in [0.29, 0.717) is 0 Å². The largest absolute Gasteiger partial charge is 0.336 e. The average Bonchev–Trinajstić information content (AvgIpc) is 2.22. The minimum absolute atomic E-state index is 0.235. The molecule has 0 atom stereocenters. The van der Waals surface area contributed by atoms with Gasteiger partial charge >= 0.3 is 0 Å². The van der Waals surface area contributed by atoms with Gasteiger partial charge in [-0.3, -0.25) is 0 Å². The lowest BCUT2D eigenvalue weighted by Crippen LogP contribution is -2.25. The second-order valence-corrected chi connectivity index (χ2v) is 10.7. The van der Waals surface area contributed by atoms with Gasteiger partial charge in [0, 0.05) is 9.22 Å². The van der Waals surface area contributed by atoms with Gasteiger partial charge < -0.3 is 4.18 Å². The van der Waals surface area contributed by atoms with E-state index in [2.05, 4.69) is 74.3 Å². The van der Waals surface area contributed by atoms with Gasteiger partial charge in [0.1, 0.15) is 0 Å². The van der Waals surface area contributed by atoms with Crippen LogP contribution >= 0.6 is 26.2 Å². The van der Waals surface area contributed by atoms with Crippen LogP contribution in [0.2, 0.25) is 0 Å². The fourth-order valence-electron chi connectivity index (χ4n) is 1.46. The van der Waals surface area contributed by atoms with Crippen molar-refractivity contribution in [3.63, 3.8) is 0 Å². The molecule has 0 saturated carbocycles. The summed E-state index contributed by atoms with van der Waals surface area (Å²) in [7, 11) is -1.00. The Morgan fingerprint density at radius 2 is 1.83 bits per heavy atom. The Hall–Kier alpha value is 0.01000. The predicted molar refractivity (Wildman–Crippen MR) is 87.7 cm³/mol. The quantitative estimate of drug-likeness (QED) is 0.745. The Morgan fingerprint density at radius 1 is 1.22 bits per heavy atom. The van der Waals surface area contributed by atoms with Crippen LogP contribution in [0.25, 0.3) is 0 Å². The smallest absolute Gasteiger partial charge is 0.0632 e. The van der Waals surface area contributed by atoms with E-state index in [1.54, 1.807) is 0 Å². The normalized spacial score (nSPS) is 13.7. The molecule has 104 valence electrons. The van der Waals surface area contributed by atoms with E-state index in [1.165, 1.54) is 15.6 Å². The summed E-state index contributed by atoms with van der Waals surface area (Å²) in [5.74, 6) is 0. The van der Waals surface area contributed by atoms with Crippen LogP contribution in [0, 0.1) is 6.92 Å². The van der Waals surface area contributed by atoms with E-state index in [9.17, 15) is 0 Å². The lowest BCUT2D eigenvalue weighted by molar-refractivity contribution is 0.354. The molecule has 0 N–H and O–H groups in total. The third kappa shape index (κ3) is 4.01. The minimum Gasteiger partial charge on any atom is -0.336 e. The van der Waals surface area contributed by atoms with E-state index in [-0.39, 0.29) is 4.75 Å². The van der Waals surface area contributed by atoms with Gasteiger partial charge in [-0.2, -0.15) is 0 Å². The maximum Gasteiger partial charge on any atom is 0.0632 e. The molecule has 0 unspecified atom stereocenters. The molecule has 0 spiro atoms. The number of halogens is 1. The molecular weight excluding hydrogens is 308 g/mol. The van der Waals surface area contributed by atoms with Crippen LogP contribution in [-0.4, -0.2) is 23.9 Å². The Kier molecular flexibility index (Phi) is 5.33. The summed E-state index contributed by atoms with van der Waals surface area (Å²) in [4.78, 5) is 0. The highest BCUT2D eigenvalue weighted by molar-refractivity contribution is 9.10. The number of hydrogen-bond donors (Lipinski definition) is 0. The lowest BCUT2D eigenvalue weighted by Gasteiger charge is -2.43. The Bertz CT molecular complexity index is 407. The summed E-state index contributed by atoms with van der Waals surface area (Å²) < 4.78 is 7.58. The zero-order valence-corrected chi connectivity index (χ0v) is 14.7. The molecule has 0 heterocycles. The average molecular weight is 333 g/mol. The molecule has 0 amide bonds. The summed E-state index contributed by atoms with van der Waals surface area (Å²) in [5.41, 5.74) is 2.69. The van der Waals surface area contributed by atoms with Gasteiger partial charge in [-0.15, -0.1) is 10.3 Å². The highest BCUT2D eigenvalue weighted by Gasteiger charge is 2.28. The second kappa shape index (κ2) is 5.98. The molecule has 0 fully saturated rings. The maximum absolute atomic E-state index is 6.16. The molecule has 0 aliphatic carbocycles. The van der Waals surface area contributed by atoms with Crippen molar-refractivity contribution in [3.05, 3.63) is 33.8 Å². The summed E-state index contributed by atoms with van der Waals surface area (Å²) >= 11 is 3.57. The van der Waals surface area contributed by atoms with Crippen molar-refractivity contribution in [2.24, 2.45) is 0 Å². The van der Waals surface area contributed by atoms with E-state index < -0.39 is 10.3 Å². The first-order chi connectivity index (χ1) is 8.15. The van der Waals surface area contributed by atoms with Crippen LogP contribution in [0.3, 0.4) is 0 Å². The van der Waals surface area contributed by atoms with Gasteiger partial charge in [-0.25, -0.2) is 0 Å². The SMILES string of the molecule is Cc1c(Br)cccc1CCOS(C)(C)C(C)(C)C. The van der Waals surface area contributed by atoms with Crippen LogP contribution in [0.4, 0.5) is 0 Å². The summed E-state index contributed by atoms with van der Waals surface area (Å²) in [6.45, 7) is 9.73. The second-order valence-electron chi connectivity index (χ2n) is 5.94. The molecule has 0 aliphatic rings. The first-order valence-corrected chi connectivity index (χ1v) is 9.43. The van der Waals surface area contributed by atoms with Crippen LogP contribution in [0.1, 0.15) is 31.9 Å². The zero-order valence-electron chi connectivity index (χ0n) is 12.3. The van der Waals surface area contributed by atoms with E-state index in [4.69, 9.17) is 4.18 Å². The van der Waals surface area contributed by atoms with Crippen LogP contribution in [0.5, 0.6) is 0 Å². The van der Waals surface area contributed by atoms with Crippen molar-refractivity contribution >= 4 is 26.2 Å². The Labute approximate surface area is 122 Å². The summed E-state index contributed by atoms with van der Waals surface area (Å²) in [6, 6.07) is 6.36. The molecule has 0 aromatic heterocycles. The van der Waals surface area contributed by atoms with E-state index in [0.717, 1.165) is 13.0 Å². The molecule has 3 heteroatoms. The van der Waals surface area contributed by atoms with Gasteiger partial charge in [-0.05, 0) is 43.0 Å². The number of rotatable bonds is 4. The topological polar surface area (TPSA) is 9.23 Å². The summed E-state index contributed by atoms with van der Waals surface area (Å²) in [5, 5.41) is 0. The van der Waals surface area contributed by atoms with Gasteiger partial charge in [0.25, 0.3) is 0 Å². The maximum atomic E-state index is 6.16.